The number of alkyl halides is 3. The van der Waals surface area contributed by atoms with Crippen molar-refractivity contribution in [3.63, 3.8) is 0 Å². The lowest BCUT2D eigenvalue weighted by atomic mass is 9.84. The Hall–Kier alpha value is -2.29. The summed E-state index contributed by atoms with van der Waals surface area (Å²) in [5.41, 5.74) is -0.0563. The maximum absolute atomic E-state index is 12.9. The summed E-state index contributed by atoms with van der Waals surface area (Å²) in [6.07, 6.45) is -3.98. The van der Waals surface area contributed by atoms with Gasteiger partial charge in [-0.15, -0.1) is 0 Å². The number of hydrogen-bond acceptors (Lipinski definition) is 4. The van der Waals surface area contributed by atoms with Gasteiger partial charge >= 0.3 is 18.2 Å². The van der Waals surface area contributed by atoms with Crippen molar-refractivity contribution in [2.75, 3.05) is 46.5 Å². The molecule has 2 fully saturated rings. The Bertz CT molecular complexity index is 702. The molecule has 154 valence electrons. The van der Waals surface area contributed by atoms with Gasteiger partial charge in [0, 0.05) is 32.1 Å². The monoisotopic (exact) mass is 400 g/mol. The lowest BCUT2D eigenvalue weighted by Crippen LogP contribution is -2.53. The minimum Gasteiger partial charge on any atom is -0.469 e. The van der Waals surface area contributed by atoms with Crippen LogP contribution in [-0.4, -0.2) is 68.3 Å². The smallest absolute Gasteiger partial charge is 0.416 e. The van der Waals surface area contributed by atoms with E-state index in [0.717, 1.165) is 12.1 Å². The zero-order valence-corrected chi connectivity index (χ0v) is 15.6. The van der Waals surface area contributed by atoms with Gasteiger partial charge < -0.3 is 19.3 Å². The number of benzene rings is 1. The maximum atomic E-state index is 12.9. The Balaban J connectivity index is 1.79. The predicted octanol–water partition coefficient (Wildman–Crippen LogP) is 2.74. The number of hydrogen-bond donors (Lipinski definition) is 0. The van der Waals surface area contributed by atoms with E-state index in [1.54, 1.807) is 9.80 Å². The van der Waals surface area contributed by atoms with Crippen molar-refractivity contribution in [3.05, 3.63) is 35.4 Å². The molecule has 2 heterocycles. The number of morpholine rings is 1. The van der Waals surface area contributed by atoms with E-state index in [2.05, 4.69) is 0 Å². The van der Waals surface area contributed by atoms with Gasteiger partial charge in [-0.3, -0.25) is 4.79 Å². The van der Waals surface area contributed by atoms with Gasteiger partial charge in [0.2, 0.25) is 0 Å². The Labute approximate surface area is 161 Å². The van der Waals surface area contributed by atoms with Gasteiger partial charge in [-0.1, -0.05) is 12.1 Å². The van der Waals surface area contributed by atoms with Crippen LogP contribution in [-0.2, 0) is 20.4 Å². The largest absolute Gasteiger partial charge is 0.469 e. The lowest BCUT2D eigenvalue weighted by Gasteiger charge is -2.40. The number of halogens is 3. The van der Waals surface area contributed by atoms with Crippen LogP contribution in [0, 0.1) is 5.92 Å². The molecule has 1 aromatic rings. The zero-order valence-electron chi connectivity index (χ0n) is 15.6. The molecule has 2 aliphatic rings. The van der Waals surface area contributed by atoms with E-state index in [1.807, 2.05) is 0 Å². The van der Waals surface area contributed by atoms with Gasteiger partial charge in [-0.25, -0.2) is 4.79 Å². The number of likely N-dealkylation sites (tertiary alicyclic amines) is 1. The van der Waals surface area contributed by atoms with E-state index in [1.165, 1.54) is 19.2 Å². The van der Waals surface area contributed by atoms with Gasteiger partial charge in [0.15, 0.2) is 0 Å². The molecule has 0 aromatic heterocycles. The molecule has 28 heavy (non-hydrogen) atoms. The first-order valence-corrected chi connectivity index (χ1v) is 9.16. The van der Waals surface area contributed by atoms with Crippen LogP contribution in [0.5, 0.6) is 0 Å². The van der Waals surface area contributed by atoms with Crippen molar-refractivity contribution in [1.29, 1.82) is 0 Å². The average Bonchev–Trinajstić information content (AvgIpc) is 2.72. The van der Waals surface area contributed by atoms with Crippen molar-refractivity contribution < 1.29 is 32.2 Å². The quantitative estimate of drug-likeness (QED) is 0.717. The van der Waals surface area contributed by atoms with Crippen molar-refractivity contribution in [3.8, 4) is 0 Å². The lowest BCUT2D eigenvalue weighted by molar-refractivity contribution is -0.147. The first-order chi connectivity index (χ1) is 13.3. The second-order valence-corrected chi connectivity index (χ2v) is 7.06. The van der Waals surface area contributed by atoms with Crippen LogP contribution < -0.4 is 0 Å². The highest BCUT2D eigenvalue weighted by molar-refractivity contribution is 5.77. The number of ether oxygens (including phenoxy) is 2. The summed E-state index contributed by atoms with van der Waals surface area (Å²) < 4.78 is 48.6. The van der Waals surface area contributed by atoms with Crippen molar-refractivity contribution >= 4 is 12.0 Å². The molecule has 3 rings (SSSR count). The summed E-state index contributed by atoms with van der Waals surface area (Å²) in [6, 6.07) is 4.72. The van der Waals surface area contributed by atoms with Crippen LogP contribution in [0.25, 0.3) is 0 Å². The number of rotatable bonds is 2. The maximum Gasteiger partial charge on any atom is 0.416 e. The average molecular weight is 400 g/mol. The molecule has 1 aromatic carbocycles. The van der Waals surface area contributed by atoms with Gasteiger partial charge in [0.1, 0.15) is 0 Å². The van der Waals surface area contributed by atoms with Crippen molar-refractivity contribution in [1.82, 2.24) is 9.80 Å². The number of methoxy groups -OCH3 is 1. The van der Waals surface area contributed by atoms with Gasteiger partial charge in [0.25, 0.3) is 0 Å². The fourth-order valence-electron chi connectivity index (χ4n) is 3.73. The number of urea groups is 1. The molecule has 9 heteroatoms. The van der Waals surface area contributed by atoms with E-state index in [-0.39, 0.29) is 18.5 Å². The third-order valence-electron chi connectivity index (χ3n) is 5.25. The highest BCUT2D eigenvalue weighted by Gasteiger charge is 2.37. The second-order valence-electron chi connectivity index (χ2n) is 7.06. The molecule has 6 nitrogen and oxygen atoms in total. The molecule has 0 N–H and O–H groups in total. The predicted molar refractivity (Wildman–Crippen MR) is 93.7 cm³/mol. The number of nitrogens with zero attached hydrogens (tertiary/aromatic N) is 2. The number of esters is 1. The van der Waals surface area contributed by atoms with Crippen molar-refractivity contribution in [2.24, 2.45) is 5.92 Å². The molecule has 0 radical (unpaired) electrons. The molecular formula is C19H23F3N2O4. The fourth-order valence-corrected chi connectivity index (χ4v) is 3.73. The normalized spacial score (nSPS) is 23.4. The Kier molecular flexibility index (Phi) is 6.12. The Morgan fingerprint density at radius 1 is 1.07 bits per heavy atom. The number of piperidine rings is 1. The summed E-state index contributed by atoms with van der Waals surface area (Å²) in [5.74, 6) is -1.18. The summed E-state index contributed by atoms with van der Waals surface area (Å²) in [4.78, 5) is 28.3. The van der Waals surface area contributed by atoms with Gasteiger partial charge in [-0.05, 0) is 24.1 Å². The molecule has 0 bridgehead atoms. The van der Waals surface area contributed by atoms with Crippen LogP contribution in [0.3, 0.4) is 0 Å². The Morgan fingerprint density at radius 2 is 1.71 bits per heavy atom. The Morgan fingerprint density at radius 3 is 2.29 bits per heavy atom. The van der Waals surface area contributed by atoms with Crippen LogP contribution in [0.15, 0.2) is 24.3 Å². The molecule has 2 saturated heterocycles. The molecular weight excluding hydrogens is 377 g/mol. The molecule has 2 unspecified atom stereocenters. The van der Waals surface area contributed by atoms with E-state index >= 15 is 0 Å². The molecule has 0 aliphatic carbocycles. The molecule has 0 spiro atoms. The van der Waals surface area contributed by atoms with E-state index in [0.29, 0.717) is 44.8 Å². The fraction of sp³-hybridized carbons (Fsp3) is 0.579. The summed E-state index contributed by atoms with van der Waals surface area (Å²) in [5, 5.41) is 0. The molecule has 2 aliphatic heterocycles. The summed E-state index contributed by atoms with van der Waals surface area (Å²) in [7, 11) is 1.29. The number of carbonyl (C=O) groups is 2. The SMILES string of the molecule is COC(=O)C1CC(c2ccc(C(F)(F)F)cc2)CN(C(=O)N2CCOCC2)C1. The minimum absolute atomic E-state index is 0.186. The summed E-state index contributed by atoms with van der Waals surface area (Å²) in [6.45, 7) is 2.45. The van der Waals surface area contributed by atoms with E-state index < -0.39 is 23.6 Å². The van der Waals surface area contributed by atoms with E-state index in [9.17, 15) is 22.8 Å². The first-order valence-electron chi connectivity index (χ1n) is 9.16. The second kappa shape index (κ2) is 8.38. The molecule has 2 amide bonds. The number of carbonyl (C=O) groups excluding carboxylic acids is 2. The topological polar surface area (TPSA) is 59.1 Å². The van der Waals surface area contributed by atoms with Gasteiger partial charge in [-0.2, -0.15) is 13.2 Å². The highest BCUT2D eigenvalue weighted by atomic mass is 19.4. The first kappa shape index (κ1) is 20.4. The molecule has 0 saturated carbocycles. The van der Waals surface area contributed by atoms with Crippen LogP contribution in [0.1, 0.15) is 23.5 Å². The standard InChI is InChI=1S/C19H23F3N2O4/c1-27-17(25)15-10-14(13-2-4-16(5-3-13)19(20,21)22)11-24(12-15)18(26)23-6-8-28-9-7-23/h2-5,14-15H,6-12H2,1H3. The van der Waals surface area contributed by atoms with Crippen LogP contribution in [0.4, 0.5) is 18.0 Å². The minimum atomic E-state index is -4.40. The van der Waals surface area contributed by atoms with Crippen LogP contribution in [0.2, 0.25) is 0 Å². The third kappa shape index (κ3) is 4.57. The number of amides is 2. The third-order valence-corrected chi connectivity index (χ3v) is 5.25. The highest BCUT2D eigenvalue weighted by Crippen LogP contribution is 2.34. The summed E-state index contributed by atoms with van der Waals surface area (Å²) >= 11 is 0. The van der Waals surface area contributed by atoms with E-state index in [4.69, 9.17) is 9.47 Å². The zero-order chi connectivity index (χ0) is 20.3. The van der Waals surface area contributed by atoms with Gasteiger partial charge in [0.05, 0.1) is 31.8 Å². The molecule has 2 atom stereocenters. The van der Waals surface area contributed by atoms with Crippen molar-refractivity contribution in [2.45, 2.75) is 18.5 Å². The van der Waals surface area contributed by atoms with Crippen LogP contribution >= 0.6 is 0 Å².